The van der Waals surface area contributed by atoms with Crippen LogP contribution in [0, 0.1) is 5.82 Å². The fourth-order valence-electron chi connectivity index (χ4n) is 3.13. The van der Waals surface area contributed by atoms with Crippen molar-refractivity contribution in [3.05, 3.63) is 71.5 Å². The van der Waals surface area contributed by atoms with E-state index < -0.39 is 0 Å². The highest BCUT2D eigenvalue weighted by Gasteiger charge is 2.08. The largest absolute Gasteiger partial charge is 0.206 e. The first-order chi connectivity index (χ1) is 11.2. The van der Waals surface area contributed by atoms with Gasteiger partial charge in [0.15, 0.2) is 0 Å². The van der Waals surface area contributed by atoms with E-state index in [-0.39, 0.29) is 5.82 Å². The first-order valence-electron chi connectivity index (χ1n) is 8.53. The zero-order valence-electron chi connectivity index (χ0n) is 13.9. The van der Waals surface area contributed by atoms with Gasteiger partial charge in [0.05, 0.1) is 0 Å². The van der Waals surface area contributed by atoms with E-state index in [0.717, 1.165) is 47.6 Å². The Balaban J connectivity index is 1.98. The lowest BCUT2D eigenvalue weighted by Crippen LogP contribution is -1.91. The minimum Gasteiger partial charge on any atom is -0.206 e. The molecule has 0 N–H and O–H groups in total. The number of aryl methyl sites for hydroxylation is 2. The van der Waals surface area contributed by atoms with Crippen LogP contribution in [0.25, 0.3) is 21.9 Å². The lowest BCUT2D eigenvalue weighted by Gasteiger charge is -2.09. The standard InChI is InChI=1S/C22H23F/c1-3-5-16-7-9-17(10-8-16)19-13-14-21-20(15-19)12-11-18(6-4-2)22(21)23/h7-15H,3-6H2,1-2H3. The Morgan fingerprint density at radius 2 is 1.43 bits per heavy atom. The van der Waals surface area contributed by atoms with Crippen LogP contribution in [0.4, 0.5) is 4.39 Å². The number of rotatable bonds is 5. The molecule has 0 saturated heterocycles. The molecule has 0 nitrogen and oxygen atoms in total. The van der Waals surface area contributed by atoms with Gasteiger partial charge in [0.25, 0.3) is 0 Å². The quantitative estimate of drug-likeness (QED) is 0.501. The highest BCUT2D eigenvalue weighted by Crippen LogP contribution is 2.28. The molecule has 3 aromatic rings. The van der Waals surface area contributed by atoms with Crippen LogP contribution in [0.1, 0.15) is 37.8 Å². The van der Waals surface area contributed by atoms with E-state index in [1.807, 2.05) is 24.3 Å². The SMILES string of the molecule is CCCc1ccc(-c2ccc3c(F)c(CCC)ccc3c2)cc1. The predicted molar refractivity (Wildman–Crippen MR) is 97.3 cm³/mol. The van der Waals surface area contributed by atoms with Crippen LogP contribution in [0.3, 0.4) is 0 Å². The maximum atomic E-state index is 14.5. The third kappa shape index (κ3) is 3.29. The van der Waals surface area contributed by atoms with Crippen molar-refractivity contribution < 1.29 is 4.39 Å². The summed E-state index contributed by atoms with van der Waals surface area (Å²) in [5.74, 6) is -0.0609. The van der Waals surface area contributed by atoms with Gasteiger partial charge < -0.3 is 0 Å². The van der Waals surface area contributed by atoms with Gasteiger partial charge in [-0.2, -0.15) is 0 Å². The van der Waals surface area contributed by atoms with Crippen LogP contribution in [0.5, 0.6) is 0 Å². The molecule has 0 amide bonds. The average Bonchev–Trinajstić information content (AvgIpc) is 2.58. The van der Waals surface area contributed by atoms with E-state index >= 15 is 0 Å². The molecule has 0 unspecified atom stereocenters. The normalized spacial score (nSPS) is 11.1. The summed E-state index contributed by atoms with van der Waals surface area (Å²) in [6.45, 7) is 4.27. The third-order valence-corrected chi connectivity index (χ3v) is 4.38. The molecule has 23 heavy (non-hydrogen) atoms. The summed E-state index contributed by atoms with van der Waals surface area (Å²) in [5.41, 5.74) is 4.51. The van der Waals surface area contributed by atoms with Crippen LogP contribution in [0.2, 0.25) is 0 Å². The molecular weight excluding hydrogens is 283 g/mol. The molecule has 0 heterocycles. The van der Waals surface area contributed by atoms with Crippen molar-refractivity contribution in [2.45, 2.75) is 39.5 Å². The van der Waals surface area contributed by atoms with E-state index in [2.05, 4.69) is 44.2 Å². The monoisotopic (exact) mass is 306 g/mol. The van der Waals surface area contributed by atoms with Crippen LogP contribution in [0.15, 0.2) is 54.6 Å². The maximum absolute atomic E-state index is 14.5. The first-order valence-corrected chi connectivity index (χ1v) is 8.53. The molecule has 0 radical (unpaired) electrons. The zero-order chi connectivity index (χ0) is 16.2. The van der Waals surface area contributed by atoms with Gasteiger partial charge in [-0.3, -0.25) is 0 Å². The second kappa shape index (κ2) is 6.95. The Kier molecular flexibility index (Phi) is 4.76. The summed E-state index contributed by atoms with van der Waals surface area (Å²) in [7, 11) is 0. The Morgan fingerprint density at radius 3 is 2.13 bits per heavy atom. The van der Waals surface area contributed by atoms with Gasteiger partial charge in [-0.05, 0) is 46.5 Å². The first kappa shape index (κ1) is 15.7. The number of fused-ring (bicyclic) bond motifs is 1. The van der Waals surface area contributed by atoms with E-state index in [9.17, 15) is 4.39 Å². The number of benzene rings is 3. The molecule has 0 aliphatic rings. The zero-order valence-corrected chi connectivity index (χ0v) is 13.9. The van der Waals surface area contributed by atoms with Crippen molar-refractivity contribution in [2.75, 3.05) is 0 Å². The molecular formula is C22H23F. The fraction of sp³-hybridized carbons (Fsp3) is 0.273. The molecule has 3 aromatic carbocycles. The van der Waals surface area contributed by atoms with Crippen molar-refractivity contribution in [2.24, 2.45) is 0 Å². The van der Waals surface area contributed by atoms with Gasteiger partial charge in [0.2, 0.25) is 0 Å². The topological polar surface area (TPSA) is 0 Å². The van der Waals surface area contributed by atoms with Gasteiger partial charge in [-0.1, -0.05) is 75.2 Å². The Bertz CT molecular complexity index is 800. The van der Waals surface area contributed by atoms with E-state index in [0.29, 0.717) is 0 Å². The number of halogens is 1. The molecule has 0 spiro atoms. The highest BCUT2D eigenvalue weighted by atomic mass is 19.1. The minimum absolute atomic E-state index is 0.0609. The molecule has 0 aliphatic carbocycles. The van der Waals surface area contributed by atoms with Gasteiger partial charge >= 0.3 is 0 Å². The van der Waals surface area contributed by atoms with Crippen molar-refractivity contribution in [3.8, 4) is 11.1 Å². The highest BCUT2D eigenvalue weighted by molar-refractivity contribution is 5.88. The van der Waals surface area contributed by atoms with Gasteiger partial charge in [-0.15, -0.1) is 0 Å². The van der Waals surface area contributed by atoms with Crippen LogP contribution in [-0.2, 0) is 12.8 Å². The summed E-state index contributed by atoms with van der Waals surface area (Å²) in [6, 6.07) is 18.7. The minimum atomic E-state index is -0.0609. The predicted octanol–water partition coefficient (Wildman–Crippen LogP) is 6.55. The van der Waals surface area contributed by atoms with E-state index in [1.54, 1.807) is 0 Å². The number of hydrogen-bond acceptors (Lipinski definition) is 0. The molecule has 0 saturated carbocycles. The summed E-state index contributed by atoms with van der Waals surface area (Å²) < 4.78 is 14.5. The van der Waals surface area contributed by atoms with Crippen LogP contribution < -0.4 is 0 Å². The van der Waals surface area contributed by atoms with Crippen molar-refractivity contribution >= 4 is 10.8 Å². The van der Waals surface area contributed by atoms with Crippen molar-refractivity contribution in [1.29, 1.82) is 0 Å². The second-order valence-electron chi connectivity index (χ2n) is 6.17. The lowest BCUT2D eigenvalue weighted by atomic mass is 9.97. The molecule has 0 fully saturated rings. The third-order valence-electron chi connectivity index (χ3n) is 4.38. The van der Waals surface area contributed by atoms with E-state index in [1.165, 1.54) is 11.1 Å². The molecule has 1 heteroatoms. The smallest absolute Gasteiger partial charge is 0.134 e. The molecule has 0 bridgehead atoms. The van der Waals surface area contributed by atoms with Crippen LogP contribution >= 0.6 is 0 Å². The van der Waals surface area contributed by atoms with E-state index in [4.69, 9.17) is 0 Å². The maximum Gasteiger partial charge on any atom is 0.134 e. The Labute approximate surface area is 138 Å². The molecule has 0 atom stereocenters. The van der Waals surface area contributed by atoms with Gasteiger partial charge in [0, 0.05) is 5.39 Å². The fourth-order valence-corrected chi connectivity index (χ4v) is 3.13. The summed E-state index contributed by atoms with van der Waals surface area (Å²) in [5, 5.41) is 1.69. The Morgan fingerprint density at radius 1 is 0.739 bits per heavy atom. The molecule has 3 rings (SSSR count). The van der Waals surface area contributed by atoms with Gasteiger partial charge in [-0.25, -0.2) is 4.39 Å². The van der Waals surface area contributed by atoms with Crippen molar-refractivity contribution in [1.82, 2.24) is 0 Å². The summed E-state index contributed by atoms with van der Waals surface area (Å²) >= 11 is 0. The van der Waals surface area contributed by atoms with Crippen LogP contribution in [-0.4, -0.2) is 0 Å². The molecule has 118 valence electrons. The number of hydrogen-bond donors (Lipinski definition) is 0. The summed E-state index contributed by atoms with van der Waals surface area (Å²) in [4.78, 5) is 0. The average molecular weight is 306 g/mol. The molecule has 0 aliphatic heterocycles. The lowest BCUT2D eigenvalue weighted by molar-refractivity contribution is 0.619. The Hall–Kier alpha value is -2.15. The van der Waals surface area contributed by atoms with Gasteiger partial charge in [0.1, 0.15) is 5.82 Å². The summed E-state index contributed by atoms with van der Waals surface area (Å²) in [6.07, 6.45) is 4.03. The second-order valence-corrected chi connectivity index (χ2v) is 6.17. The molecule has 0 aromatic heterocycles. The van der Waals surface area contributed by atoms with Crippen molar-refractivity contribution in [3.63, 3.8) is 0 Å².